The van der Waals surface area contributed by atoms with E-state index in [1.807, 2.05) is 30.3 Å². The molecule has 2 aliphatic rings. The smallest absolute Gasteiger partial charge is 0.243 e. The second-order valence-electron chi connectivity index (χ2n) is 8.69. The number of benzene rings is 2. The molecular weight excluding hydrogens is 445 g/mol. The fourth-order valence-corrected chi connectivity index (χ4v) is 5.53. The molecule has 2 amide bonds. The van der Waals surface area contributed by atoms with Crippen molar-refractivity contribution in [3.63, 3.8) is 0 Å². The third-order valence-corrected chi connectivity index (χ3v) is 7.93. The second-order valence-corrected chi connectivity index (χ2v) is 10.6. The first-order chi connectivity index (χ1) is 15.8. The van der Waals surface area contributed by atoms with Gasteiger partial charge in [0.2, 0.25) is 21.8 Å². The van der Waals surface area contributed by atoms with E-state index in [1.165, 1.54) is 16.4 Å². The lowest BCUT2D eigenvalue weighted by atomic mass is 9.97. The van der Waals surface area contributed by atoms with Crippen LogP contribution in [0.25, 0.3) is 0 Å². The van der Waals surface area contributed by atoms with Gasteiger partial charge < -0.3 is 10.6 Å². The van der Waals surface area contributed by atoms with E-state index in [9.17, 15) is 22.4 Å². The van der Waals surface area contributed by atoms with E-state index in [4.69, 9.17) is 0 Å². The van der Waals surface area contributed by atoms with Crippen LogP contribution in [0.1, 0.15) is 31.2 Å². The van der Waals surface area contributed by atoms with E-state index >= 15 is 0 Å². The van der Waals surface area contributed by atoms with Gasteiger partial charge in [0.05, 0.1) is 10.8 Å². The Bertz CT molecular complexity index is 1090. The summed E-state index contributed by atoms with van der Waals surface area (Å²) in [5.74, 6) is -1.64. The fourth-order valence-electron chi connectivity index (χ4n) is 4.01. The van der Waals surface area contributed by atoms with Crippen molar-refractivity contribution in [2.24, 2.45) is 5.92 Å². The molecule has 0 bridgehead atoms. The van der Waals surface area contributed by atoms with Crippen molar-refractivity contribution >= 4 is 21.8 Å². The Kier molecular flexibility index (Phi) is 7.09. The molecule has 2 atom stereocenters. The van der Waals surface area contributed by atoms with E-state index in [0.717, 1.165) is 30.5 Å². The molecule has 4 rings (SSSR count). The summed E-state index contributed by atoms with van der Waals surface area (Å²) < 4.78 is 40.4. The van der Waals surface area contributed by atoms with Gasteiger partial charge in [0.1, 0.15) is 11.9 Å². The Morgan fingerprint density at radius 2 is 1.73 bits per heavy atom. The summed E-state index contributed by atoms with van der Waals surface area (Å²) >= 11 is 0. The molecule has 0 radical (unpaired) electrons. The van der Waals surface area contributed by atoms with Crippen molar-refractivity contribution in [2.45, 2.75) is 49.1 Å². The molecule has 0 aromatic heterocycles. The van der Waals surface area contributed by atoms with Gasteiger partial charge in [-0.05, 0) is 55.5 Å². The monoisotopic (exact) mass is 473 g/mol. The minimum atomic E-state index is -3.84. The Labute approximate surface area is 193 Å². The molecule has 2 fully saturated rings. The van der Waals surface area contributed by atoms with Gasteiger partial charge in [-0.3, -0.25) is 9.59 Å². The third kappa shape index (κ3) is 5.97. The van der Waals surface area contributed by atoms with Crippen LogP contribution in [0.4, 0.5) is 4.39 Å². The summed E-state index contributed by atoms with van der Waals surface area (Å²) in [6.07, 6.45) is 3.29. The van der Waals surface area contributed by atoms with Crippen LogP contribution < -0.4 is 10.6 Å². The molecule has 2 N–H and O–H groups in total. The van der Waals surface area contributed by atoms with Crippen LogP contribution in [0.5, 0.6) is 0 Å². The molecule has 176 valence electrons. The molecule has 33 heavy (non-hydrogen) atoms. The number of halogens is 1. The maximum Gasteiger partial charge on any atom is 0.243 e. The number of carbonyl (C=O) groups excluding carboxylic acids is 2. The first-order valence-corrected chi connectivity index (χ1v) is 12.7. The average Bonchev–Trinajstić information content (AvgIpc) is 3.63. The van der Waals surface area contributed by atoms with Crippen LogP contribution in [0, 0.1) is 11.7 Å². The zero-order valence-corrected chi connectivity index (χ0v) is 19.1. The molecule has 2 unspecified atom stereocenters. The molecule has 0 spiro atoms. The van der Waals surface area contributed by atoms with Crippen LogP contribution in [0.3, 0.4) is 0 Å². The normalized spacial score (nSPS) is 20.1. The van der Waals surface area contributed by atoms with Gasteiger partial charge in [-0.25, -0.2) is 12.8 Å². The molecule has 2 aromatic rings. The molecule has 9 heteroatoms. The van der Waals surface area contributed by atoms with Crippen molar-refractivity contribution < 1.29 is 22.4 Å². The van der Waals surface area contributed by atoms with E-state index in [0.29, 0.717) is 25.8 Å². The van der Waals surface area contributed by atoms with Gasteiger partial charge in [0, 0.05) is 25.6 Å². The highest BCUT2D eigenvalue weighted by molar-refractivity contribution is 7.89. The Balaban J connectivity index is 1.44. The highest BCUT2D eigenvalue weighted by atomic mass is 32.2. The summed E-state index contributed by atoms with van der Waals surface area (Å²) in [4.78, 5) is 25.9. The lowest BCUT2D eigenvalue weighted by molar-refractivity contribution is -0.131. The van der Waals surface area contributed by atoms with Gasteiger partial charge in [-0.2, -0.15) is 4.31 Å². The largest absolute Gasteiger partial charge is 0.352 e. The van der Waals surface area contributed by atoms with Crippen molar-refractivity contribution in [3.8, 4) is 0 Å². The number of hydrogen-bond donors (Lipinski definition) is 2. The fraction of sp³-hybridized carbons (Fsp3) is 0.417. The number of piperidine rings is 1. The summed E-state index contributed by atoms with van der Waals surface area (Å²) in [5.41, 5.74) is 0.929. The van der Waals surface area contributed by atoms with Crippen molar-refractivity contribution in [2.75, 3.05) is 13.1 Å². The molecular formula is C24H28FN3O4S. The van der Waals surface area contributed by atoms with Crippen molar-refractivity contribution in [3.05, 3.63) is 66.0 Å². The van der Waals surface area contributed by atoms with Crippen LogP contribution in [0.15, 0.2) is 59.5 Å². The molecule has 1 aliphatic carbocycles. The Morgan fingerprint density at radius 3 is 2.39 bits per heavy atom. The van der Waals surface area contributed by atoms with Gasteiger partial charge in [0.25, 0.3) is 0 Å². The molecule has 1 aliphatic heterocycles. The quantitative estimate of drug-likeness (QED) is 0.615. The van der Waals surface area contributed by atoms with Crippen molar-refractivity contribution in [1.29, 1.82) is 0 Å². The number of nitrogens with one attached hydrogen (secondary N) is 2. The van der Waals surface area contributed by atoms with Gasteiger partial charge >= 0.3 is 0 Å². The predicted molar refractivity (Wildman–Crippen MR) is 121 cm³/mol. The number of sulfonamides is 1. The molecule has 1 heterocycles. The number of hydrogen-bond acceptors (Lipinski definition) is 4. The van der Waals surface area contributed by atoms with Crippen LogP contribution in [0.2, 0.25) is 0 Å². The number of amides is 2. The zero-order chi connectivity index (χ0) is 23.4. The minimum Gasteiger partial charge on any atom is -0.352 e. The maximum atomic E-state index is 13.2. The number of nitrogens with zero attached hydrogens (tertiary/aromatic N) is 1. The zero-order valence-electron chi connectivity index (χ0n) is 18.2. The van der Waals surface area contributed by atoms with E-state index in [-0.39, 0.29) is 29.3 Å². The second kappa shape index (κ2) is 10.0. The highest BCUT2D eigenvalue weighted by Crippen LogP contribution is 2.24. The van der Waals surface area contributed by atoms with Gasteiger partial charge in [0.15, 0.2) is 0 Å². The number of carbonyl (C=O) groups is 2. The Hall–Kier alpha value is -2.78. The van der Waals surface area contributed by atoms with E-state index in [1.54, 1.807) is 0 Å². The lowest BCUT2D eigenvalue weighted by Gasteiger charge is -2.32. The van der Waals surface area contributed by atoms with E-state index < -0.39 is 27.8 Å². The molecule has 1 saturated carbocycles. The molecule has 2 aromatic carbocycles. The third-order valence-electron chi connectivity index (χ3n) is 6.05. The summed E-state index contributed by atoms with van der Waals surface area (Å²) in [7, 11) is -3.84. The van der Waals surface area contributed by atoms with Crippen LogP contribution in [-0.2, 0) is 26.0 Å². The summed E-state index contributed by atoms with van der Waals surface area (Å²) in [6.45, 7) is 0.312. The minimum absolute atomic E-state index is 0.00396. The first-order valence-electron chi connectivity index (χ1n) is 11.2. The van der Waals surface area contributed by atoms with Gasteiger partial charge in [-0.15, -0.1) is 0 Å². The molecule has 1 saturated heterocycles. The topological polar surface area (TPSA) is 95.6 Å². The summed E-state index contributed by atoms with van der Waals surface area (Å²) in [5, 5.41) is 5.82. The standard InChI is InChI=1S/C24H28FN3O4S/c25-19-8-12-21(13-9-19)33(31,32)28-14-4-7-18(16-28)23(29)27-22(24(30)26-20-10-11-20)15-17-5-2-1-3-6-17/h1-3,5-6,8-9,12-13,18,20,22H,4,7,10-11,14-16H2,(H,26,30)(H,27,29). The summed E-state index contributed by atoms with van der Waals surface area (Å²) in [6, 6.07) is 13.6. The Morgan fingerprint density at radius 1 is 1.03 bits per heavy atom. The van der Waals surface area contributed by atoms with E-state index in [2.05, 4.69) is 10.6 Å². The molecule has 7 nitrogen and oxygen atoms in total. The SMILES string of the molecule is O=C(NC(Cc1ccccc1)C(=O)NC1CC1)C1CCCN(S(=O)(=O)c2ccc(F)cc2)C1. The predicted octanol–water partition coefficient (Wildman–Crippen LogP) is 2.23. The van der Waals surface area contributed by atoms with Gasteiger partial charge in [-0.1, -0.05) is 30.3 Å². The average molecular weight is 474 g/mol. The van der Waals surface area contributed by atoms with Crippen LogP contribution in [-0.4, -0.2) is 49.7 Å². The maximum absolute atomic E-state index is 13.2. The first kappa shape index (κ1) is 23.4. The lowest BCUT2D eigenvalue weighted by Crippen LogP contribution is -2.52. The van der Waals surface area contributed by atoms with Crippen molar-refractivity contribution in [1.82, 2.24) is 14.9 Å². The number of rotatable bonds is 8. The van der Waals surface area contributed by atoms with Crippen LogP contribution >= 0.6 is 0 Å². The highest BCUT2D eigenvalue weighted by Gasteiger charge is 2.35.